The van der Waals surface area contributed by atoms with Gasteiger partial charge in [-0.25, -0.2) is 4.39 Å². The summed E-state index contributed by atoms with van der Waals surface area (Å²) in [6, 6.07) is 3.93. The number of hydrogen-bond donors (Lipinski definition) is 2. The fourth-order valence-electron chi connectivity index (χ4n) is 1.34. The fraction of sp³-hybridized carbons (Fsp3) is 0.308. The number of rotatable bonds is 4. The third-order valence-corrected chi connectivity index (χ3v) is 2.33. The van der Waals surface area contributed by atoms with Crippen molar-refractivity contribution in [2.45, 2.75) is 19.9 Å². The molecule has 1 amide bonds. The Balaban J connectivity index is 2.67. The van der Waals surface area contributed by atoms with Gasteiger partial charge in [0, 0.05) is 5.69 Å². The number of halogens is 1. The van der Waals surface area contributed by atoms with Crippen LogP contribution in [0.2, 0.25) is 0 Å². The van der Waals surface area contributed by atoms with Gasteiger partial charge in [0.25, 0.3) is 0 Å². The number of amides is 1. The van der Waals surface area contributed by atoms with Crippen LogP contribution in [0.5, 0.6) is 0 Å². The standard InChI is InChI=1S/C13H15FN2O/c1-4-7-15-13(17)10(3)16-12-8-11(14)6-5-9(12)2/h1,5-6,8,10,16H,7H2,2-3H3,(H,15,17). The maximum absolute atomic E-state index is 13.0. The molecule has 0 aliphatic carbocycles. The number of nitrogens with one attached hydrogen (secondary N) is 2. The van der Waals surface area contributed by atoms with Gasteiger partial charge in [0.1, 0.15) is 11.9 Å². The molecule has 90 valence electrons. The Morgan fingerprint density at radius 2 is 2.29 bits per heavy atom. The van der Waals surface area contributed by atoms with Crippen molar-refractivity contribution in [1.29, 1.82) is 0 Å². The molecule has 0 fully saturated rings. The van der Waals surface area contributed by atoms with E-state index in [4.69, 9.17) is 6.42 Å². The lowest BCUT2D eigenvalue weighted by Crippen LogP contribution is -2.37. The van der Waals surface area contributed by atoms with Crippen molar-refractivity contribution in [2.75, 3.05) is 11.9 Å². The number of aryl methyl sites for hydroxylation is 1. The largest absolute Gasteiger partial charge is 0.374 e. The molecule has 0 radical (unpaired) electrons. The molecule has 3 nitrogen and oxygen atoms in total. The fourth-order valence-corrected chi connectivity index (χ4v) is 1.34. The average molecular weight is 234 g/mol. The smallest absolute Gasteiger partial charge is 0.242 e. The van der Waals surface area contributed by atoms with Gasteiger partial charge in [-0.05, 0) is 31.5 Å². The predicted octanol–water partition coefficient (Wildman–Crippen LogP) is 1.68. The highest BCUT2D eigenvalue weighted by Crippen LogP contribution is 2.16. The highest BCUT2D eigenvalue weighted by molar-refractivity contribution is 5.84. The highest BCUT2D eigenvalue weighted by atomic mass is 19.1. The van der Waals surface area contributed by atoms with Crippen LogP contribution < -0.4 is 10.6 Å². The number of anilines is 1. The lowest BCUT2D eigenvalue weighted by molar-refractivity contribution is -0.121. The van der Waals surface area contributed by atoms with Gasteiger partial charge in [0.2, 0.25) is 5.91 Å². The first-order valence-electron chi connectivity index (χ1n) is 5.28. The SMILES string of the molecule is C#CCNC(=O)C(C)Nc1cc(F)ccc1C. The summed E-state index contributed by atoms with van der Waals surface area (Å²) in [6.07, 6.45) is 5.04. The molecule has 0 saturated carbocycles. The molecule has 1 aromatic rings. The third-order valence-electron chi connectivity index (χ3n) is 2.33. The molecule has 1 atom stereocenters. The van der Waals surface area contributed by atoms with E-state index in [-0.39, 0.29) is 18.3 Å². The summed E-state index contributed by atoms with van der Waals surface area (Å²) in [5, 5.41) is 5.49. The van der Waals surface area contributed by atoms with E-state index in [1.165, 1.54) is 12.1 Å². The molecule has 0 aliphatic heterocycles. The van der Waals surface area contributed by atoms with Crippen molar-refractivity contribution >= 4 is 11.6 Å². The van der Waals surface area contributed by atoms with Gasteiger partial charge < -0.3 is 10.6 Å². The summed E-state index contributed by atoms with van der Waals surface area (Å²) in [5.41, 5.74) is 1.48. The van der Waals surface area contributed by atoms with E-state index in [1.807, 2.05) is 6.92 Å². The first-order valence-corrected chi connectivity index (χ1v) is 5.28. The van der Waals surface area contributed by atoms with E-state index in [1.54, 1.807) is 13.0 Å². The number of terminal acetylenes is 1. The molecule has 4 heteroatoms. The Morgan fingerprint density at radius 1 is 1.59 bits per heavy atom. The second-order valence-electron chi connectivity index (χ2n) is 3.75. The molecule has 0 spiro atoms. The van der Waals surface area contributed by atoms with E-state index in [9.17, 15) is 9.18 Å². The van der Waals surface area contributed by atoms with Crippen LogP contribution in [0.1, 0.15) is 12.5 Å². The number of hydrogen-bond acceptors (Lipinski definition) is 2. The van der Waals surface area contributed by atoms with Crippen molar-refractivity contribution in [3.8, 4) is 12.3 Å². The Bertz CT molecular complexity index is 451. The molecule has 0 saturated heterocycles. The van der Waals surface area contributed by atoms with Crippen LogP contribution in [0.4, 0.5) is 10.1 Å². The Morgan fingerprint density at radius 3 is 2.94 bits per heavy atom. The minimum atomic E-state index is -0.469. The van der Waals surface area contributed by atoms with Gasteiger partial charge in [-0.1, -0.05) is 12.0 Å². The van der Waals surface area contributed by atoms with E-state index in [0.29, 0.717) is 5.69 Å². The van der Waals surface area contributed by atoms with Crippen molar-refractivity contribution in [3.05, 3.63) is 29.6 Å². The molecule has 1 aromatic carbocycles. The van der Waals surface area contributed by atoms with Gasteiger partial charge in [0.05, 0.1) is 6.54 Å². The molecule has 0 aromatic heterocycles. The minimum absolute atomic E-state index is 0.187. The summed E-state index contributed by atoms with van der Waals surface area (Å²) in [6.45, 7) is 3.72. The highest BCUT2D eigenvalue weighted by Gasteiger charge is 2.12. The second-order valence-corrected chi connectivity index (χ2v) is 3.75. The van der Waals surface area contributed by atoms with Gasteiger partial charge >= 0.3 is 0 Å². The molecular weight excluding hydrogens is 219 g/mol. The van der Waals surface area contributed by atoms with Crippen LogP contribution in [0, 0.1) is 25.1 Å². The van der Waals surface area contributed by atoms with Crippen LogP contribution in [-0.2, 0) is 4.79 Å². The topological polar surface area (TPSA) is 41.1 Å². The van der Waals surface area contributed by atoms with Crippen molar-refractivity contribution in [2.24, 2.45) is 0 Å². The van der Waals surface area contributed by atoms with Crippen LogP contribution >= 0.6 is 0 Å². The lowest BCUT2D eigenvalue weighted by Gasteiger charge is -2.16. The van der Waals surface area contributed by atoms with Crippen LogP contribution in [0.3, 0.4) is 0 Å². The molecule has 0 heterocycles. The lowest BCUT2D eigenvalue weighted by atomic mass is 10.1. The number of benzene rings is 1. The first-order chi connectivity index (χ1) is 8.04. The molecule has 1 unspecified atom stereocenters. The quantitative estimate of drug-likeness (QED) is 0.778. The maximum atomic E-state index is 13.0. The summed E-state index contributed by atoms with van der Waals surface area (Å²) in [7, 11) is 0. The summed E-state index contributed by atoms with van der Waals surface area (Å²) in [4.78, 5) is 11.5. The Kier molecular flexibility index (Phi) is 4.53. The second kappa shape index (κ2) is 5.90. The molecular formula is C13H15FN2O. The van der Waals surface area contributed by atoms with Crippen LogP contribution in [0.25, 0.3) is 0 Å². The first kappa shape index (κ1) is 13.0. The average Bonchev–Trinajstić information content (AvgIpc) is 2.30. The summed E-state index contributed by atoms with van der Waals surface area (Å²) < 4.78 is 13.0. The molecule has 17 heavy (non-hydrogen) atoms. The normalized spacial score (nSPS) is 11.4. The van der Waals surface area contributed by atoms with E-state index in [0.717, 1.165) is 5.56 Å². The van der Waals surface area contributed by atoms with Crippen LogP contribution in [-0.4, -0.2) is 18.5 Å². The van der Waals surface area contributed by atoms with Gasteiger partial charge in [0.15, 0.2) is 0 Å². The van der Waals surface area contributed by atoms with Crippen molar-refractivity contribution in [1.82, 2.24) is 5.32 Å². The predicted molar refractivity (Wildman–Crippen MR) is 66.1 cm³/mol. The van der Waals surface area contributed by atoms with E-state index >= 15 is 0 Å². The molecule has 2 N–H and O–H groups in total. The van der Waals surface area contributed by atoms with Crippen molar-refractivity contribution < 1.29 is 9.18 Å². The van der Waals surface area contributed by atoms with Gasteiger partial charge in [-0.2, -0.15) is 0 Å². The number of carbonyl (C=O) groups is 1. The van der Waals surface area contributed by atoms with Crippen molar-refractivity contribution in [3.63, 3.8) is 0 Å². The molecule has 0 aliphatic rings. The monoisotopic (exact) mass is 234 g/mol. The zero-order chi connectivity index (χ0) is 12.8. The summed E-state index contributed by atoms with van der Waals surface area (Å²) >= 11 is 0. The van der Waals surface area contributed by atoms with E-state index < -0.39 is 6.04 Å². The summed E-state index contributed by atoms with van der Waals surface area (Å²) in [5.74, 6) is 1.76. The Hall–Kier alpha value is -2.02. The zero-order valence-electron chi connectivity index (χ0n) is 9.88. The van der Waals surface area contributed by atoms with Gasteiger partial charge in [-0.3, -0.25) is 4.79 Å². The maximum Gasteiger partial charge on any atom is 0.242 e. The molecule has 0 bridgehead atoms. The molecule has 1 rings (SSSR count). The Labute approximate surface area is 100 Å². The third kappa shape index (κ3) is 3.80. The van der Waals surface area contributed by atoms with Crippen LogP contribution in [0.15, 0.2) is 18.2 Å². The minimum Gasteiger partial charge on any atom is -0.374 e. The van der Waals surface area contributed by atoms with E-state index in [2.05, 4.69) is 16.6 Å². The van der Waals surface area contributed by atoms with Gasteiger partial charge in [-0.15, -0.1) is 6.42 Å². The number of carbonyl (C=O) groups excluding carboxylic acids is 1. The zero-order valence-corrected chi connectivity index (χ0v) is 9.88.